The van der Waals surface area contributed by atoms with Crippen molar-refractivity contribution >= 4 is 5.90 Å². The van der Waals surface area contributed by atoms with Crippen LogP contribution in [0.2, 0.25) is 0 Å². The molecule has 0 saturated carbocycles. The number of aliphatic imine (C=N–C) groups is 1. The second kappa shape index (κ2) is 7.52. The molecule has 0 amide bonds. The third kappa shape index (κ3) is 3.43. The Kier molecular flexibility index (Phi) is 4.69. The van der Waals surface area contributed by atoms with Crippen molar-refractivity contribution in [2.75, 3.05) is 6.61 Å². The van der Waals surface area contributed by atoms with Crippen LogP contribution in [0.3, 0.4) is 0 Å². The van der Waals surface area contributed by atoms with Crippen LogP contribution in [0.25, 0.3) is 0 Å². The fourth-order valence-corrected chi connectivity index (χ4v) is 4.05. The molecule has 3 nitrogen and oxygen atoms in total. The number of ether oxygens (including phenoxy) is 1. The Morgan fingerprint density at radius 3 is 2.53 bits per heavy atom. The van der Waals surface area contributed by atoms with Gasteiger partial charge in [-0.1, -0.05) is 42.5 Å². The van der Waals surface area contributed by atoms with E-state index in [1.54, 1.807) is 6.08 Å². The van der Waals surface area contributed by atoms with Crippen molar-refractivity contribution in [3.8, 4) is 0 Å². The van der Waals surface area contributed by atoms with Gasteiger partial charge in [0.25, 0.3) is 0 Å². The topological polar surface area (TPSA) is 24.8 Å². The van der Waals surface area contributed by atoms with E-state index in [0.717, 1.165) is 11.1 Å². The van der Waals surface area contributed by atoms with Gasteiger partial charge in [0.15, 0.2) is 0 Å². The summed E-state index contributed by atoms with van der Waals surface area (Å²) in [6, 6.07) is 11.2. The van der Waals surface area contributed by atoms with Crippen molar-refractivity contribution in [3.63, 3.8) is 0 Å². The second-order valence-corrected chi connectivity index (χ2v) is 7.59. The smallest absolute Gasteiger partial charge is 0.222 e. The minimum atomic E-state index is -0.690. The van der Waals surface area contributed by atoms with Crippen LogP contribution < -0.4 is 0 Å². The van der Waals surface area contributed by atoms with Crippen molar-refractivity contribution in [1.29, 1.82) is 0 Å². The lowest BCUT2D eigenvalue weighted by molar-refractivity contribution is 0.306. The molecule has 2 aromatic carbocycles. The molecular weight excluding hydrogens is 389 g/mol. The van der Waals surface area contributed by atoms with E-state index in [0.29, 0.717) is 6.54 Å². The Morgan fingerprint density at radius 2 is 1.77 bits per heavy atom. The summed E-state index contributed by atoms with van der Waals surface area (Å²) in [7, 11) is 0. The number of halogens is 3. The molecule has 2 aromatic rings. The second-order valence-electron chi connectivity index (χ2n) is 7.59. The Labute approximate surface area is 172 Å². The molecule has 2 aliphatic heterocycles. The fraction of sp³-hybridized carbons (Fsp3) is 0.208. The van der Waals surface area contributed by atoms with E-state index in [-0.39, 0.29) is 41.9 Å². The van der Waals surface area contributed by atoms with Crippen LogP contribution in [-0.2, 0) is 11.3 Å². The zero-order valence-electron chi connectivity index (χ0n) is 16.0. The summed E-state index contributed by atoms with van der Waals surface area (Å²) >= 11 is 0. The van der Waals surface area contributed by atoms with E-state index in [9.17, 15) is 13.2 Å². The van der Waals surface area contributed by atoms with Gasteiger partial charge in [-0.25, -0.2) is 18.2 Å². The molecule has 0 bridgehead atoms. The molecule has 152 valence electrons. The summed E-state index contributed by atoms with van der Waals surface area (Å²) in [4.78, 5) is 6.49. The molecular formula is C24H19F3N2O. The van der Waals surface area contributed by atoms with Crippen molar-refractivity contribution in [1.82, 2.24) is 4.90 Å². The van der Waals surface area contributed by atoms with Crippen molar-refractivity contribution in [3.05, 3.63) is 107 Å². The number of nitrogens with zero attached hydrogens (tertiary/aromatic N) is 2. The molecule has 3 unspecified atom stereocenters. The highest BCUT2D eigenvalue weighted by molar-refractivity contribution is 5.95. The molecule has 3 aliphatic rings. The van der Waals surface area contributed by atoms with Crippen molar-refractivity contribution in [2.45, 2.75) is 18.6 Å². The van der Waals surface area contributed by atoms with Gasteiger partial charge in [-0.15, -0.1) is 0 Å². The zero-order chi connectivity index (χ0) is 20.7. The standard InChI is InChI=1S/C24H19F3N2O/c25-18-9-8-17-10-11-29(22(17)12-18)13-15-4-6-16(7-5-15)21-14-30-24(28-21)23-19(26)2-1-3-20(23)27/h1-12,17,21-22H,13-14H2. The molecule has 2 heterocycles. The average molecular weight is 408 g/mol. The Morgan fingerprint density at radius 1 is 1.00 bits per heavy atom. The summed E-state index contributed by atoms with van der Waals surface area (Å²) in [5.74, 6) is -1.39. The summed E-state index contributed by atoms with van der Waals surface area (Å²) < 4.78 is 47.0. The maximum Gasteiger partial charge on any atom is 0.222 e. The Balaban J connectivity index is 1.30. The third-order valence-corrected chi connectivity index (χ3v) is 5.64. The Hall–Kier alpha value is -3.28. The summed E-state index contributed by atoms with van der Waals surface area (Å²) in [5.41, 5.74) is 1.76. The van der Waals surface area contributed by atoms with Crippen LogP contribution in [-0.4, -0.2) is 23.4 Å². The van der Waals surface area contributed by atoms with Crippen LogP contribution in [0.1, 0.15) is 22.7 Å². The van der Waals surface area contributed by atoms with Crippen LogP contribution >= 0.6 is 0 Å². The van der Waals surface area contributed by atoms with E-state index in [2.05, 4.69) is 16.0 Å². The first-order valence-corrected chi connectivity index (χ1v) is 9.82. The van der Waals surface area contributed by atoms with Gasteiger partial charge in [-0.2, -0.15) is 0 Å². The first-order valence-electron chi connectivity index (χ1n) is 9.82. The molecule has 0 saturated heterocycles. The highest BCUT2D eigenvalue weighted by Gasteiger charge is 2.29. The van der Waals surface area contributed by atoms with Crippen molar-refractivity contribution in [2.24, 2.45) is 10.9 Å². The predicted octanol–water partition coefficient (Wildman–Crippen LogP) is 5.22. The normalized spacial score (nSPS) is 24.5. The molecule has 0 fully saturated rings. The van der Waals surface area contributed by atoms with Crippen LogP contribution in [0, 0.1) is 17.6 Å². The van der Waals surface area contributed by atoms with Crippen molar-refractivity contribution < 1.29 is 17.9 Å². The lowest BCUT2D eigenvalue weighted by Gasteiger charge is -2.28. The monoisotopic (exact) mass is 408 g/mol. The largest absolute Gasteiger partial charge is 0.475 e. The highest BCUT2D eigenvalue weighted by Crippen LogP contribution is 2.31. The fourth-order valence-electron chi connectivity index (χ4n) is 4.05. The van der Waals surface area contributed by atoms with Crippen LogP contribution in [0.15, 0.2) is 83.8 Å². The molecule has 0 N–H and O–H groups in total. The minimum absolute atomic E-state index is 0.000678. The lowest BCUT2D eigenvalue weighted by Crippen LogP contribution is -2.30. The first kappa shape index (κ1) is 18.7. The van der Waals surface area contributed by atoms with Crippen LogP contribution in [0.4, 0.5) is 13.2 Å². The zero-order valence-corrected chi connectivity index (χ0v) is 16.0. The first-order chi connectivity index (χ1) is 14.6. The third-order valence-electron chi connectivity index (χ3n) is 5.64. The lowest BCUT2D eigenvalue weighted by atomic mass is 9.96. The molecule has 5 rings (SSSR count). The number of benzene rings is 2. The number of hydrogen-bond donors (Lipinski definition) is 0. The summed E-state index contributed by atoms with van der Waals surface area (Å²) in [5, 5.41) is 0. The molecule has 0 spiro atoms. The number of hydrogen-bond acceptors (Lipinski definition) is 3. The van der Waals surface area contributed by atoms with Gasteiger partial charge in [-0.3, -0.25) is 0 Å². The van der Waals surface area contributed by atoms with E-state index < -0.39 is 11.6 Å². The Bertz CT molecular complexity index is 1070. The van der Waals surface area contributed by atoms with Gasteiger partial charge in [0.1, 0.15) is 35.7 Å². The van der Waals surface area contributed by atoms with Gasteiger partial charge in [0.05, 0.1) is 6.04 Å². The van der Waals surface area contributed by atoms with Gasteiger partial charge in [-0.05, 0) is 41.6 Å². The molecule has 0 aromatic heterocycles. The van der Waals surface area contributed by atoms with Crippen LogP contribution in [0.5, 0.6) is 0 Å². The van der Waals surface area contributed by atoms with Gasteiger partial charge < -0.3 is 9.64 Å². The number of rotatable bonds is 4. The average Bonchev–Trinajstić information content (AvgIpc) is 3.36. The molecule has 3 atom stereocenters. The highest BCUT2D eigenvalue weighted by atomic mass is 19.1. The molecule has 0 radical (unpaired) electrons. The van der Waals surface area contributed by atoms with E-state index in [1.165, 1.54) is 24.3 Å². The maximum atomic E-state index is 14.0. The van der Waals surface area contributed by atoms with E-state index in [4.69, 9.17) is 4.74 Å². The molecule has 30 heavy (non-hydrogen) atoms. The summed E-state index contributed by atoms with van der Waals surface area (Å²) in [6.45, 7) is 0.892. The van der Waals surface area contributed by atoms with E-state index in [1.807, 2.05) is 36.5 Å². The molecule has 1 aliphatic carbocycles. The maximum absolute atomic E-state index is 14.0. The molecule has 6 heteroatoms. The minimum Gasteiger partial charge on any atom is -0.475 e. The number of allylic oxidation sites excluding steroid dienone is 2. The summed E-state index contributed by atoms with van der Waals surface area (Å²) in [6.07, 6.45) is 9.12. The van der Waals surface area contributed by atoms with Gasteiger partial charge in [0, 0.05) is 12.5 Å². The van der Waals surface area contributed by atoms with Gasteiger partial charge in [0.2, 0.25) is 5.90 Å². The predicted molar refractivity (Wildman–Crippen MR) is 108 cm³/mol. The van der Waals surface area contributed by atoms with E-state index >= 15 is 0 Å². The van der Waals surface area contributed by atoms with Gasteiger partial charge >= 0.3 is 0 Å². The quantitative estimate of drug-likeness (QED) is 0.693. The number of fused-ring (bicyclic) bond motifs is 1. The SMILES string of the molecule is FC1=CC2C(C=C1)C=CN2Cc1ccc(C2COC(c3c(F)cccc3F)=N2)cc1.